The van der Waals surface area contributed by atoms with Crippen molar-refractivity contribution in [3.63, 3.8) is 0 Å². The zero-order valence-corrected chi connectivity index (χ0v) is 12.0. The minimum Gasteiger partial charge on any atom is -0.507 e. The van der Waals surface area contributed by atoms with Gasteiger partial charge in [-0.05, 0) is 17.0 Å². The number of benzene rings is 3. The van der Waals surface area contributed by atoms with E-state index in [0.717, 1.165) is 28.5 Å². The molecular weight excluding hydrogens is 272 g/mol. The van der Waals surface area contributed by atoms with Gasteiger partial charge in [-0.1, -0.05) is 60.7 Å². The molecule has 108 valence electrons. The molecule has 1 aliphatic heterocycles. The van der Waals surface area contributed by atoms with E-state index in [9.17, 15) is 5.11 Å². The quantitative estimate of drug-likeness (QED) is 0.749. The summed E-state index contributed by atoms with van der Waals surface area (Å²) in [5.74, 6) is 0.312. The van der Waals surface area contributed by atoms with Crippen LogP contribution in [-0.2, 0) is 0 Å². The Morgan fingerprint density at radius 1 is 0.909 bits per heavy atom. The van der Waals surface area contributed by atoms with Gasteiger partial charge in [0.05, 0.1) is 11.8 Å². The maximum atomic E-state index is 10.6. The molecule has 0 fully saturated rings. The highest BCUT2D eigenvalue weighted by Crippen LogP contribution is 2.33. The number of rotatable bonds is 2. The Morgan fingerprint density at radius 2 is 1.68 bits per heavy atom. The number of nitrogens with zero attached hydrogens (tertiary/aromatic N) is 1. The molecule has 0 saturated heterocycles. The van der Waals surface area contributed by atoms with Gasteiger partial charge >= 0.3 is 0 Å². The summed E-state index contributed by atoms with van der Waals surface area (Å²) in [5, 5.41) is 16.9. The van der Waals surface area contributed by atoms with E-state index in [2.05, 4.69) is 22.7 Å². The highest BCUT2D eigenvalue weighted by molar-refractivity contribution is 6.08. The molecule has 0 aliphatic carbocycles. The highest BCUT2D eigenvalue weighted by atomic mass is 16.3. The van der Waals surface area contributed by atoms with Crippen molar-refractivity contribution in [2.75, 3.05) is 0 Å². The third-order valence-corrected chi connectivity index (χ3v) is 4.17. The predicted molar refractivity (Wildman–Crippen MR) is 89.1 cm³/mol. The fourth-order valence-corrected chi connectivity index (χ4v) is 2.98. The van der Waals surface area contributed by atoms with Crippen molar-refractivity contribution in [2.24, 2.45) is 5.10 Å². The van der Waals surface area contributed by atoms with Crippen LogP contribution in [0.5, 0.6) is 5.75 Å². The fraction of sp³-hybridized carbons (Fsp3) is 0.105. The van der Waals surface area contributed by atoms with Gasteiger partial charge in [0.25, 0.3) is 0 Å². The molecule has 0 bridgehead atoms. The summed E-state index contributed by atoms with van der Waals surface area (Å²) in [6, 6.07) is 22.3. The lowest BCUT2D eigenvalue weighted by atomic mass is 9.96. The summed E-state index contributed by atoms with van der Waals surface area (Å²) in [6.07, 6.45) is 0.774. The Kier molecular flexibility index (Phi) is 3.04. The molecule has 2 N–H and O–H groups in total. The number of hydrogen-bond acceptors (Lipinski definition) is 3. The number of aromatic hydroxyl groups is 1. The molecule has 1 heterocycles. The normalized spacial score (nSPS) is 17.3. The number of fused-ring (bicyclic) bond motifs is 1. The van der Waals surface area contributed by atoms with Crippen LogP contribution in [0.25, 0.3) is 10.8 Å². The zero-order chi connectivity index (χ0) is 14.9. The minimum absolute atomic E-state index is 0.169. The molecule has 3 nitrogen and oxygen atoms in total. The first kappa shape index (κ1) is 12.9. The molecule has 0 spiro atoms. The van der Waals surface area contributed by atoms with E-state index in [1.807, 2.05) is 54.6 Å². The fourth-order valence-electron chi connectivity index (χ4n) is 2.98. The van der Waals surface area contributed by atoms with Gasteiger partial charge < -0.3 is 10.5 Å². The van der Waals surface area contributed by atoms with Gasteiger partial charge in [0.1, 0.15) is 5.75 Å². The SMILES string of the molecule is Oc1c(C2=NN[C@H](c3ccccc3)C2)ccc2ccccc12. The summed E-state index contributed by atoms with van der Waals surface area (Å²) in [6.45, 7) is 0. The Morgan fingerprint density at radius 3 is 2.55 bits per heavy atom. The van der Waals surface area contributed by atoms with Crippen LogP contribution in [0.15, 0.2) is 71.8 Å². The lowest BCUT2D eigenvalue weighted by Crippen LogP contribution is -2.09. The molecule has 0 amide bonds. The van der Waals surface area contributed by atoms with Crippen molar-refractivity contribution in [1.29, 1.82) is 0 Å². The van der Waals surface area contributed by atoms with Crippen LogP contribution in [0.3, 0.4) is 0 Å². The summed E-state index contributed by atoms with van der Waals surface area (Å²) in [7, 11) is 0. The summed E-state index contributed by atoms with van der Waals surface area (Å²) in [4.78, 5) is 0. The summed E-state index contributed by atoms with van der Waals surface area (Å²) < 4.78 is 0. The van der Waals surface area contributed by atoms with Gasteiger partial charge in [-0.2, -0.15) is 5.10 Å². The molecule has 4 rings (SSSR count). The van der Waals surface area contributed by atoms with Gasteiger partial charge in [0.15, 0.2) is 0 Å². The topological polar surface area (TPSA) is 44.6 Å². The summed E-state index contributed by atoms with van der Waals surface area (Å²) >= 11 is 0. The number of hydrazone groups is 1. The van der Waals surface area contributed by atoms with Crippen molar-refractivity contribution in [2.45, 2.75) is 12.5 Å². The van der Waals surface area contributed by atoms with Crippen molar-refractivity contribution >= 4 is 16.5 Å². The number of phenolic OH excluding ortho intramolecular Hbond substituents is 1. The molecule has 0 saturated carbocycles. The second kappa shape index (κ2) is 5.19. The van der Waals surface area contributed by atoms with Crippen LogP contribution in [0.4, 0.5) is 0 Å². The van der Waals surface area contributed by atoms with E-state index in [-0.39, 0.29) is 6.04 Å². The van der Waals surface area contributed by atoms with E-state index in [1.54, 1.807) is 0 Å². The van der Waals surface area contributed by atoms with E-state index in [1.165, 1.54) is 5.56 Å². The van der Waals surface area contributed by atoms with Gasteiger partial charge in [-0.25, -0.2) is 0 Å². The predicted octanol–water partition coefficient (Wildman–Crippen LogP) is 3.98. The van der Waals surface area contributed by atoms with Crippen LogP contribution in [0, 0.1) is 0 Å². The number of hydrogen-bond donors (Lipinski definition) is 2. The molecule has 3 heteroatoms. The van der Waals surface area contributed by atoms with Gasteiger partial charge in [0.2, 0.25) is 0 Å². The van der Waals surface area contributed by atoms with Crippen molar-refractivity contribution in [1.82, 2.24) is 5.43 Å². The molecule has 0 radical (unpaired) electrons. The summed E-state index contributed by atoms with van der Waals surface area (Å²) in [5.41, 5.74) is 6.09. The average molecular weight is 288 g/mol. The molecular formula is C19H16N2O. The van der Waals surface area contributed by atoms with E-state index >= 15 is 0 Å². The Labute approximate surface area is 128 Å². The van der Waals surface area contributed by atoms with Crippen LogP contribution in [-0.4, -0.2) is 10.8 Å². The van der Waals surface area contributed by atoms with Gasteiger partial charge in [-0.3, -0.25) is 0 Å². The Bertz CT molecular complexity index is 856. The molecule has 0 unspecified atom stereocenters. The minimum atomic E-state index is 0.169. The van der Waals surface area contributed by atoms with Crippen molar-refractivity contribution in [3.8, 4) is 5.75 Å². The lowest BCUT2D eigenvalue weighted by molar-refractivity contribution is 0.480. The molecule has 22 heavy (non-hydrogen) atoms. The van der Waals surface area contributed by atoms with Crippen LogP contribution in [0.2, 0.25) is 0 Å². The number of nitrogens with one attached hydrogen (secondary N) is 1. The largest absolute Gasteiger partial charge is 0.507 e. The van der Waals surface area contributed by atoms with Gasteiger partial charge in [0, 0.05) is 17.4 Å². The first-order valence-corrected chi connectivity index (χ1v) is 7.41. The highest BCUT2D eigenvalue weighted by Gasteiger charge is 2.23. The second-order valence-electron chi connectivity index (χ2n) is 5.54. The van der Waals surface area contributed by atoms with Crippen LogP contribution in [0.1, 0.15) is 23.6 Å². The molecule has 1 aliphatic rings. The molecule has 3 aromatic rings. The van der Waals surface area contributed by atoms with E-state index < -0.39 is 0 Å². The van der Waals surface area contributed by atoms with E-state index in [4.69, 9.17) is 0 Å². The maximum Gasteiger partial charge on any atom is 0.132 e. The Balaban J connectivity index is 1.68. The van der Waals surface area contributed by atoms with Gasteiger partial charge in [-0.15, -0.1) is 0 Å². The molecule has 1 atom stereocenters. The van der Waals surface area contributed by atoms with Crippen molar-refractivity contribution in [3.05, 3.63) is 77.9 Å². The third-order valence-electron chi connectivity index (χ3n) is 4.17. The monoisotopic (exact) mass is 288 g/mol. The lowest BCUT2D eigenvalue weighted by Gasteiger charge is -2.10. The third kappa shape index (κ3) is 2.11. The maximum absolute atomic E-state index is 10.6. The zero-order valence-electron chi connectivity index (χ0n) is 12.0. The van der Waals surface area contributed by atoms with Crippen molar-refractivity contribution < 1.29 is 5.11 Å². The smallest absolute Gasteiger partial charge is 0.132 e. The first-order valence-electron chi connectivity index (χ1n) is 7.41. The second-order valence-corrected chi connectivity index (χ2v) is 5.54. The first-order chi connectivity index (χ1) is 10.8. The molecule has 0 aromatic heterocycles. The number of phenols is 1. The average Bonchev–Trinajstić information content (AvgIpc) is 3.06. The van der Waals surface area contributed by atoms with E-state index in [0.29, 0.717) is 5.75 Å². The Hall–Kier alpha value is -2.81. The van der Waals surface area contributed by atoms with Crippen LogP contribution >= 0.6 is 0 Å². The van der Waals surface area contributed by atoms with Crippen LogP contribution < -0.4 is 5.43 Å². The molecule has 3 aromatic carbocycles. The standard InChI is InChI=1S/C19H16N2O/c22-19-15-9-5-4-6-13(15)10-11-16(19)18-12-17(20-21-18)14-7-2-1-3-8-14/h1-11,17,20,22H,12H2/t17-/m0/s1.